The van der Waals surface area contributed by atoms with Crippen LogP contribution in [0.5, 0.6) is 11.5 Å². The topological polar surface area (TPSA) is 79.3 Å². The van der Waals surface area contributed by atoms with Gasteiger partial charge < -0.3 is 9.84 Å². The van der Waals surface area contributed by atoms with Crippen molar-refractivity contribution < 1.29 is 28.7 Å². The van der Waals surface area contributed by atoms with E-state index in [2.05, 4.69) is 15.9 Å². The second-order valence-electron chi connectivity index (χ2n) is 7.70. The van der Waals surface area contributed by atoms with Crippen molar-refractivity contribution in [3.05, 3.63) is 82.6 Å². The fourth-order valence-corrected chi connectivity index (χ4v) is 4.78. The number of hydrogen-bond donors (Lipinski definition) is 1. The second kappa shape index (κ2) is 8.17. The lowest BCUT2D eigenvalue weighted by atomic mass is 9.90. The van der Waals surface area contributed by atoms with Crippen molar-refractivity contribution in [1.29, 1.82) is 0 Å². The third-order valence-electron chi connectivity index (χ3n) is 5.82. The largest absolute Gasteiger partial charge is 0.503 e. The Morgan fingerprint density at radius 1 is 1.00 bits per heavy atom. The molecule has 0 aromatic heterocycles. The molecule has 2 fully saturated rings. The lowest BCUT2D eigenvalue weighted by Gasteiger charge is -2.29. The standard InChI is InChI=1S/C24H18BrFN2O5/c1-32-18-12-13(11-17(25)21(18)29)20-19-22(33-28(20)16-5-3-2-4-6-16)24(31)27(23(19)30)15-9-7-14(26)8-10-15/h2-12,19-20,22,29H,1H3/t19-,20-,22-/m0/s1. The van der Waals surface area contributed by atoms with Gasteiger partial charge in [-0.3, -0.25) is 14.4 Å². The Bertz CT molecular complexity index is 1240. The van der Waals surface area contributed by atoms with E-state index in [4.69, 9.17) is 9.57 Å². The van der Waals surface area contributed by atoms with Gasteiger partial charge in [-0.25, -0.2) is 14.4 Å². The van der Waals surface area contributed by atoms with Crippen LogP contribution in [0.2, 0.25) is 0 Å². The first-order valence-corrected chi connectivity index (χ1v) is 10.9. The van der Waals surface area contributed by atoms with Gasteiger partial charge in [0.2, 0.25) is 5.91 Å². The van der Waals surface area contributed by atoms with E-state index in [0.717, 1.165) is 4.90 Å². The summed E-state index contributed by atoms with van der Waals surface area (Å²) < 4.78 is 19.1. The van der Waals surface area contributed by atoms with Gasteiger partial charge in [0.25, 0.3) is 5.91 Å². The summed E-state index contributed by atoms with van der Waals surface area (Å²) >= 11 is 3.33. The Morgan fingerprint density at radius 2 is 1.70 bits per heavy atom. The van der Waals surface area contributed by atoms with Gasteiger partial charge in [0.15, 0.2) is 17.6 Å². The number of carbonyl (C=O) groups is 2. The minimum atomic E-state index is -1.06. The van der Waals surface area contributed by atoms with Gasteiger partial charge in [0.05, 0.1) is 29.0 Å². The first kappa shape index (κ1) is 21.4. The number of rotatable bonds is 4. The van der Waals surface area contributed by atoms with Crippen molar-refractivity contribution >= 4 is 39.1 Å². The highest BCUT2D eigenvalue weighted by molar-refractivity contribution is 9.10. The minimum Gasteiger partial charge on any atom is -0.503 e. The molecule has 33 heavy (non-hydrogen) atoms. The number of anilines is 2. The van der Waals surface area contributed by atoms with Crippen LogP contribution in [0.25, 0.3) is 0 Å². The Morgan fingerprint density at radius 3 is 2.36 bits per heavy atom. The number of benzene rings is 3. The number of methoxy groups -OCH3 is 1. The maximum absolute atomic E-state index is 13.6. The highest BCUT2D eigenvalue weighted by Crippen LogP contribution is 2.49. The molecule has 3 aromatic rings. The van der Waals surface area contributed by atoms with Crippen molar-refractivity contribution in [3.63, 3.8) is 0 Å². The van der Waals surface area contributed by atoms with Crippen LogP contribution in [0.1, 0.15) is 11.6 Å². The van der Waals surface area contributed by atoms with Gasteiger partial charge in [-0.2, -0.15) is 0 Å². The van der Waals surface area contributed by atoms with Crippen molar-refractivity contribution in [2.45, 2.75) is 12.1 Å². The van der Waals surface area contributed by atoms with Crippen LogP contribution in [0.4, 0.5) is 15.8 Å². The van der Waals surface area contributed by atoms with Crippen LogP contribution in [-0.2, 0) is 14.4 Å². The summed E-state index contributed by atoms with van der Waals surface area (Å²) in [6.07, 6.45) is -1.06. The average molecular weight is 513 g/mol. The van der Waals surface area contributed by atoms with Gasteiger partial charge in [-0.15, -0.1) is 0 Å². The quantitative estimate of drug-likeness (QED) is 0.523. The Hall–Kier alpha value is -3.43. The van der Waals surface area contributed by atoms with Gasteiger partial charge in [0, 0.05) is 0 Å². The smallest absolute Gasteiger partial charge is 0.266 e. The van der Waals surface area contributed by atoms with Gasteiger partial charge >= 0.3 is 0 Å². The summed E-state index contributed by atoms with van der Waals surface area (Å²) in [7, 11) is 1.43. The summed E-state index contributed by atoms with van der Waals surface area (Å²) in [5.41, 5.74) is 1.54. The molecular formula is C24H18BrFN2O5. The summed E-state index contributed by atoms with van der Waals surface area (Å²) in [5.74, 6) is -2.19. The fourth-order valence-electron chi connectivity index (χ4n) is 4.32. The molecule has 2 saturated heterocycles. The molecule has 2 aliphatic rings. The molecule has 9 heteroatoms. The molecule has 5 rings (SSSR count). The van der Waals surface area contributed by atoms with E-state index in [1.807, 2.05) is 30.3 Å². The van der Waals surface area contributed by atoms with Crippen molar-refractivity contribution in [2.75, 3.05) is 17.1 Å². The molecule has 0 saturated carbocycles. The summed E-state index contributed by atoms with van der Waals surface area (Å²) in [5, 5.41) is 11.8. The van der Waals surface area contributed by atoms with Crippen LogP contribution in [0.3, 0.4) is 0 Å². The third kappa shape index (κ3) is 3.44. The van der Waals surface area contributed by atoms with E-state index < -0.39 is 35.7 Å². The number of phenolic OH excluding ortho intramolecular Hbond substituents is 1. The zero-order valence-corrected chi connectivity index (χ0v) is 18.9. The first-order valence-electron chi connectivity index (χ1n) is 10.1. The molecule has 2 heterocycles. The van der Waals surface area contributed by atoms with Crippen LogP contribution in [-0.4, -0.2) is 30.1 Å². The lowest BCUT2D eigenvalue weighted by molar-refractivity contribution is -0.126. The normalized spacial score (nSPS) is 22.1. The third-order valence-corrected chi connectivity index (χ3v) is 6.43. The maximum Gasteiger partial charge on any atom is 0.266 e. The number of nitrogens with zero attached hydrogens (tertiary/aromatic N) is 2. The van der Waals surface area contributed by atoms with Crippen LogP contribution in [0.15, 0.2) is 71.2 Å². The summed E-state index contributed by atoms with van der Waals surface area (Å²) in [6.45, 7) is 0. The molecule has 0 radical (unpaired) electrons. The predicted molar refractivity (Wildman–Crippen MR) is 121 cm³/mol. The molecule has 0 unspecified atom stereocenters. The highest BCUT2D eigenvalue weighted by atomic mass is 79.9. The number of fused-ring (bicyclic) bond motifs is 1. The number of ether oxygens (including phenoxy) is 1. The Balaban J connectivity index is 1.62. The molecule has 0 bridgehead atoms. The number of hydrogen-bond acceptors (Lipinski definition) is 6. The Labute approximate surface area is 197 Å². The summed E-state index contributed by atoms with van der Waals surface area (Å²) in [6, 6.07) is 16.9. The monoisotopic (exact) mass is 512 g/mol. The van der Waals surface area contributed by atoms with E-state index in [9.17, 15) is 19.1 Å². The zero-order chi connectivity index (χ0) is 23.3. The van der Waals surface area contributed by atoms with Crippen molar-refractivity contribution in [3.8, 4) is 11.5 Å². The number of halogens is 2. The summed E-state index contributed by atoms with van der Waals surface area (Å²) in [4.78, 5) is 33.9. The van der Waals surface area contributed by atoms with Gasteiger partial charge in [-0.05, 0) is 70.0 Å². The van der Waals surface area contributed by atoms with Crippen molar-refractivity contribution in [2.24, 2.45) is 5.92 Å². The number of para-hydroxylation sites is 1. The molecule has 3 aromatic carbocycles. The predicted octanol–water partition coefficient (Wildman–Crippen LogP) is 4.35. The number of carbonyl (C=O) groups excluding carboxylic acids is 2. The number of imide groups is 1. The van der Waals surface area contributed by atoms with E-state index in [-0.39, 0.29) is 17.2 Å². The SMILES string of the molecule is COc1cc([C@H]2[C@@H]3C(=O)N(c4ccc(F)cc4)C(=O)[C@H]3ON2c2ccccc2)cc(Br)c1O. The first-order chi connectivity index (χ1) is 15.9. The molecule has 0 aliphatic carbocycles. The number of aromatic hydroxyl groups is 1. The van der Waals surface area contributed by atoms with E-state index >= 15 is 0 Å². The average Bonchev–Trinajstić information content (AvgIpc) is 3.33. The maximum atomic E-state index is 13.6. The van der Waals surface area contributed by atoms with Gasteiger partial charge in [-0.1, -0.05) is 18.2 Å². The van der Waals surface area contributed by atoms with E-state index in [0.29, 0.717) is 15.7 Å². The molecule has 168 valence electrons. The molecule has 1 N–H and O–H groups in total. The van der Waals surface area contributed by atoms with Crippen LogP contribution < -0.4 is 14.7 Å². The van der Waals surface area contributed by atoms with E-state index in [1.165, 1.54) is 31.4 Å². The molecule has 2 amide bonds. The molecule has 7 nitrogen and oxygen atoms in total. The molecule has 0 spiro atoms. The zero-order valence-electron chi connectivity index (χ0n) is 17.3. The highest BCUT2D eigenvalue weighted by Gasteiger charge is 2.60. The molecule has 2 aliphatic heterocycles. The minimum absolute atomic E-state index is 0.0789. The molecule has 3 atom stereocenters. The second-order valence-corrected chi connectivity index (χ2v) is 8.55. The number of hydroxylamine groups is 1. The Kier molecular flexibility index (Phi) is 5.30. The lowest BCUT2D eigenvalue weighted by Crippen LogP contribution is -2.37. The van der Waals surface area contributed by atoms with E-state index in [1.54, 1.807) is 17.2 Å². The van der Waals surface area contributed by atoms with Crippen molar-refractivity contribution in [1.82, 2.24) is 0 Å². The van der Waals surface area contributed by atoms with Gasteiger partial charge in [0.1, 0.15) is 11.7 Å². The number of phenols is 1. The number of amides is 2. The molecular weight excluding hydrogens is 495 g/mol. The van der Waals surface area contributed by atoms with Crippen LogP contribution in [0, 0.1) is 11.7 Å². The fraction of sp³-hybridized carbons (Fsp3) is 0.167. The van der Waals surface area contributed by atoms with Crippen LogP contribution >= 0.6 is 15.9 Å².